The summed E-state index contributed by atoms with van der Waals surface area (Å²) in [6, 6.07) is 0. The number of hydroxylamine groups is 2. The highest BCUT2D eigenvalue weighted by Gasteiger charge is 2.02. The number of hydrogen-bond donors (Lipinski definition) is 0. The molecule has 0 spiro atoms. The summed E-state index contributed by atoms with van der Waals surface area (Å²) in [6.45, 7) is 0.546. The fourth-order valence-electron chi connectivity index (χ4n) is 0.650. The van der Waals surface area contributed by atoms with Crippen molar-refractivity contribution in [3.8, 4) is 0 Å². The molecule has 0 saturated heterocycles. The first kappa shape index (κ1) is 8.09. The van der Waals surface area contributed by atoms with Gasteiger partial charge in [0.1, 0.15) is 0 Å². The molecule has 0 unspecified atom stereocenters. The van der Waals surface area contributed by atoms with Crippen molar-refractivity contribution in [3.05, 3.63) is 5.82 Å². The van der Waals surface area contributed by atoms with E-state index in [2.05, 4.69) is 15.4 Å². The van der Waals surface area contributed by atoms with Gasteiger partial charge in [-0.25, -0.2) is 0 Å². The topological polar surface area (TPSA) is 56.1 Å². The molecule has 1 heterocycles. The van der Waals surface area contributed by atoms with E-state index in [0.717, 1.165) is 0 Å². The molecule has 6 heteroatoms. The van der Waals surface area contributed by atoms with Crippen molar-refractivity contribution in [1.29, 1.82) is 0 Å². The lowest BCUT2D eigenvalue weighted by Gasteiger charge is -2.09. The number of hydrogen-bond acceptors (Lipinski definition) is 5. The molecule has 0 bridgehead atoms. The van der Waals surface area contributed by atoms with Gasteiger partial charge in [0.15, 0.2) is 5.82 Å². The van der Waals surface area contributed by atoms with E-state index in [0.29, 0.717) is 12.4 Å². The van der Waals surface area contributed by atoms with Gasteiger partial charge in [0.25, 0.3) is 0 Å². The number of aryl methyl sites for hydroxylation is 1. The van der Waals surface area contributed by atoms with Crippen molar-refractivity contribution in [2.45, 2.75) is 6.54 Å². The Bertz CT molecular complexity index is 222. The fourth-order valence-corrected chi connectivity index (χ4v) is 0.650. The summed E-state index contributed by atoms with van der Waals surface area (Å²) in [5.41, 5.74) is 0. The molecule has 11 heavy (non-hydrogen) atoms. The molecule has 1 rings (SSSR count). The lowest BCUT2D eigenvalue weighted by molar-refractivity contribution is -0.118. The van der Waals surface area contributed by atoms with E-state index in [1.54, 1.807) is 26.3 Å². The van der Waals surface area contributed by atoms with Gasteiger partial charge in [0.05, 0.1) is 20.7 Å². The van der Waals surface area contributed by atoms with Crippen LogP contribution in [0.15, 0.2) is 0 Å². The molecule has 1 aromatic heterocycles. The third-order valence-electron chi connectivity index (χ3n) is 1.23. The first-order chi connectivity index (χ1) is 5.22. The van der Waals surface area contributed by atoms with Crippen LogP contribution in [-0.2, 0) is 18.4 Å². The minimum Gasteiger partial charge on any atom is -0.302 e. The Labute approximate surface area is 64.7 Å². The Hall–Kier alpha value is -1.01. The van der Waals surface area contributed by atoms with Crippen LogP contribution in [0.2, 0.25) is 0 Å². The summed E-state index contributed by atoms with van der Waals surface area (Å²) in [4.78, 5) is 6.30. The van der Waals surface area contributed by atoms with Crippen LogP contribution >= 0.6 is 0 Å². The Kier molecular flexibility index (Phi) is 2.50. The monoisotopic (exact) mass is 157 g/mol. The second-order valence-corrected chi connectivity index (χ2v) is 2.16. The molecule has 6 nitrogen and oxygen atoms in total. The van der Waals surface area contributed by atoms with Crippen molar-refractivity contribution in [2.24, 2.45) is 7.05 Å². The third-order valence-corrected chi connectivity index (χ3v) is 1.23. The summed E-state index contributed by atoms with van der Waals surface area (Å²) >= 11 is 0. The zero-order chi connectivity index (χ0) is 8.27. The molecule has 0 saturated carbocycles. The van der Waals surface area contributed by atoms with E-state index in [4.69, 9.17) is 4.84 Å². The highest BCUT2D eigenvalue weighted by atomic mass is 16.7. The molecular weight excluding hydrogens is 146 g/mol. The van der Waals surface area contributed by atoms with Crippen LogP contribution in [0.25, 0.3) is 0 Å². The normalized spacial score (nSPS) is 10.9. The van der Waals surface area contributed by atoms with Crippen molar-refractivity contribution in [3.63, 3.8) is 0 Å². The molecule has 0 atom stereocenters. The van der Waals surface area contributed by atoms with Crippen LogP contribution in [0, 0.1) is 0 Å². The predicted molar refractivity (Wildman–Crippen MR) is 37.3 cm³/mol. The summed E-state index contributed by atoms with van der Waals surface area (Å²) < 4.78 is 0. The van der Waals surface area contributed by atoms with Crippen LogP contribution in [0.3, 0.4) is 0 Å². The maximum Gasteiger partial charge on any atom is 0.191 e. The zero-order valence-corrected chi connectivity index (χ0v) is 6.85. The second kappa shape index (κ2) is 3.40. The minimum atomic E-state index is 0.546. The van der Waals surface area contributed by atoms with Crippen LogP contribution in [-0.4, -0.2) is 39.4 Å². The van der Waals surface area contributed by atoms with Gasteiger partial charge in [-0.2, -0.15) is 9.86 Å². The van der Waals surface area contributed by atoms with Crippen molar-refractivity contribution in [2.75, 3.05) is 14.2 Å². The van der Waals surface area contributed by atoms with Gasteiger partial charge in [-0.1, -0.05) is 0 Å². The van der Waals surface area contributed by atoms with E-state index in [1.165, 1.54) is 4.80 Å². The Morgan fingerprint density at radius 3 is 2.82 bits per heavy atom. The molecule has 0 aliphatic carbocycles. The SMILES string of the molecule is CON(C)Cc1nnn(C)n1. The summed E-state index contributed by atoms with van der Waals surface area (Å²) in [5.74, 6) is 0.650. The van der Waals surface area contributed by atoms with Gasteiger partial charge in [-0.15, -0.1) is 10.2 Å². The minimum absolute atomic E-state index is 0.546. The largest absolute Gasteiger partial charge is 0.302 e. The maximum atomic E-state index is 4.88. The second-order valence-electron chi connectivity index (χ2n) is 2.16. The van der Waals surface area contributed by atoms with Crippen LogP contribution in [0.4, 0.5) is 0 Å². The summed E-state index contributed by atoms with van der Waals surface area (Å²) in [5, 5.41) is 13.1. The quantitative estimate of drug-likeness (QED) is 0.538. The highest BCUT2D eigenvalue weighted by Crippen LogP contribution is 1.91. The first-order valence-corrected chi connectivity index (χ1v) is 3.20. The Morgan fingerprint density at radius 1 is 1.64 bits per heavy atom. The van der Waals surface area contributed by atoms with Crippen molar-refractivity contribution in [1.82, 2.24) is 25.3 Å². The number of rotatable bonds is 3. The Balaban J connectivity index is 2.50. The summed E-state index contributed by atoms with van der Waals surface area (Å²) in [7, 11) is 5.12. The molecule has 0 aliphatic heterocycles. The van der Waals surface area contributed by atoms with Gasteiger partial charge in [-0.05, 0) is 5.21 Å². The van der Waals surface area contributed by atoms with Gasteiger partial charge < -0.3 is 4.84 Å². The van der Waals surface area contributed by atoms with Crippen molar-refractivity contribution < 1.29 is 4.84 Å². The molecule has 0 aromatic carbocycles. The highest BCUT2D eigenvalue weighted by molar-refractivity contribution is 4.73. The average molecular weight is 157 g/mol. The lowest BCUT2D eigenvalue weighted by Crippen LogP contribution is -2.16. The van der Waals surface area contributed by atoms with Crippen molar-refractivity contribution >= 4 is 0 Å². The van der Waals surface area contributed by atoms with E-state index < -0.39 is 0 Å². The number of tetrazole rings is 1. The molecule has 0 amide bonds. The predicted octanol–water partition coefficient (Wildman–Crippen LogP) is -0.797. The van der Waals surface area contributed by atoms with Gasteiger partial charge in [0.2, 0.25) is 0 Å². The van der Waals surface area contributed by atoms with E-state index in [9.17, 15) is 0 Å². The number of aromatic nitrogens is 4. The summed E-state index contributed by atoms with van der Waals surface area (Å²) in [6.07, 6.45) is 0. The van der Waals surface area contributed by atoms with E-state index >= 15 is 0 Å². The fraction of sp³-hybridized carbons (Fsp3) is 0.800. The van der Waals surface area contributed by atoms with Crippen LogP contribution in [0.1, 0.15) is 5.82 Å². The van der Waals surface area contributed by atoms with Crippen LogP contribution < -0.4 is 0 Å². The molecule has 0 fully saturated rings. The molecule has 0 N–H and O–H groups in total. The molecule has 1 aromatic rings. The molecular formula is C5H11N5O. The smallest absolute Gasteiger partial charge is 0.191 e. The average Bonchev–Trinajstić information content (AvgIpc) is 2.35. The standard InChI is InChI=1S/C5H11N5O/c1-9(11-3)4-5-6-8-10(2)7-5/h4H2,1-3H3. The molecule has 62 valence electrons. The van der Waals surface area contributed by atoms with E-state index in [1.807, 2.05) is 0 Å². The lowest BCUT2D eigenvalue weighted by atomic mass is 10.6. The van der Waals surface area contributed by atoms with Gasteiger partial charge in [-0.3, -0.25) is 0 Å². The van der Waals surface area contributed by atoms with E-state index in [-0.39, 0.29) is 0 Å². The van der Waals surface area contributed by atoms with Crippen LogP contribution in [0.5, 0.6) is 0 Å². The first-order valence-electron chi connectivity index (χ1n) is 3.20. The molecule has 0 radical (unpaired) electrons. The zero-order valence-electron chi connectivity index (χ0n) is 6.85. The van der Waals surface area contributed by atoms with Gasteiger partial charge in [0, 0.05) is 7.05 Å². The maximum absolute atomic E-state index is 4.88. The van der Waals surface area contributed by atoms with Gasteiger partial charge >= 0.3 is 0 Å². The number of nitrogens with zero attached hydrogens (tertiary/aromatic N) is 5. The Morgan fingerprint density at radius 2 is 2.36 bits per heavy atom. The molecule has 0 aliphatic rings. The third kappa shape index (κ3) is 2.24.